The van der Waals surface area contributed by atoms with Crippen LogP contribution in [-0.2, 0) is 5.54 Å². The fourth-order valence-electron chi connectivity index (χ4n) is 1.96. The van der Waals surface area contributed by atoms with Gasteiger partial charge in [-0.2, -0.15) is 0 Å². The highest BCUT2D eigenvalue weighted by Crippen LogP contribution is 2.32. The Kier molecular flexibility index (Phi) is 2.30. The molecule has 2 aromatic rings. The minimum atomic E-state index is -0.118. The van der Waals surface area contributed by atoms with Crippen molar-refractivity contribution in [3.8, 4) is 5.75 Å². The van der Waals surface area contributed by atoms with Crippen molar-refractivity contribution in [2.45, 2.75) is 26.3 Å². The van der Waals surface area contributed by atoms with E-state index in [2.05, 4.69) is 25.8 Å². The Morgan fingerprint density at radius 1 is 1.31 bits per heavy atom. The van der Waals surface area contributed by atoms with Crippen LogP contribution in [0.3, 0.4) is 0 Å². The largest absolute Gasteiger partial charge is 0.494 e. The lowest BCUT2D eigenvalue weighted by molar-refractivity contribution is 0.393. The van der Waals surface area contributed by atoms with E-state index in [0.717, 1.165) is 16.8 Å². The number of benzene rings is 1. The molecule has 0 aliphatic rings. The highest BCUT2D eigenvalue weighted by molar-refractivity contribution is 5.84. The Bertz CT molecular complexity index is 523. The summed E-state index contributed by atoms with van der Waals surface area (Å²) < 4.78 is 7.36. The van der Waals surface area contributed by atoms with Gasteiger partial charge in [-0.05, 0) is 32.9 Å². The molecular weight excluding hydrogens is 202 g/mol. The summed E-state index contributed by atoms with van der Waals surface area (Å²) in [5.74, 6) is 1.32. The number of imidazole rings is 1. The van der Waals surface area contributed by atoms with Gasteiger partial charge in [0.25, 0.3) is 0 Å². The topological polar surface area (TPSA) is 53.1 Å². The number of fused-ring (bicyclic) bond motifs is 1. The van der Waals surface area contributed by atoms with Gasteiger partial charge >= 0.3 is 0 Å². The molecule has 0 aliphatic heterocycles. The third kappa shape index (κ3) is 1.50. The standard InChI is InChI=1S/C12H17N3O/c1-12(2,3)15-10-8(14-11(15)13)6-5-7-9(10)16-4/h5-7H,1-4H3,(H2,13,14). The number of ether oxygens (including phenoxy) is 1. The molecule has 0 unspecified atom stereocenters. The van der Waals surface area contributed by atoms with Crippen molar-refractivity contribution < 1.29 is 4.74 Å². The Balaban J connectivity index is 2.86. The molecule has 1 aromatic carbocycles. The number of rotatable bonds is 1. The van der Waals surface area contributed by atoms with Gasteiger partial charge in [-0.15, -0.1) is 0 Å². The monoisotopic (exact) mass is 219 g/mol. The predicted octanol–water partition coefficient (Wildman–Crippen LogP) is 2.38. The zero-order valence-electron chi connectivity index (χ0n) is 10.1. The van der Waals surface area contributed by atoms with Crippen LogP contribution in [0.5, 0.6) is 5.75 Å². The van der Waals surface area contributed by atoms with E-state index < -0.39 is 0 Å². The summed E-state index contributed by atoms with van der Waals surface area (Å²) in [7, 11) is 1.66. The molecule has 0 saturated heterocycles. The van der Waals surface area contributed by atoms with E-state index in [1.54, 1.807) is 7.11 Å². The molecule has 0 aliphatic carbocycles. The second-order valence-corrected chi connectivity index (χ2v) is 4.80. The third-order valence-corrected chi connectivity index (χ3v) is 2.56. The summed E-state index contributed by atoms with van der Waals surface area (Å²) in [6.45, 7) is 6.28. The van der Waals surface area contributed by atoms with Crippen LogP contribution in [-0.4, -0.2) is 16.7 Å². The quantitative estimate of drug-likeness (QED) is 0.801. The van der Waals surface area contributed by atoms with Crippen LogP contribution in [0.25, 0.3) is 11.0 Å². The van der Waals surface area contributed by atoms with Crippen LogP contribution in [0.15, 0.2) is 18.2 Å². The Hall–Kier alpha value is -1.71. The first-order chi connectivity index (χ1) is 7.45. The molecule has 0 fully saturated rings. The zero-order chi connectivity index (χ0) is 11.9. The number of nitrogens with zero attached hydrogens (tertiary/aromatic N) is 2. The van der Waals surface area contributed by atoms with Gasteiger partial charge in [-0.25, -0.2) is 4.98 Å². The lowest BCUT2D eigenvalue weighted by Crippen LogP contribution is -2.23. The Morgan fingerprint density at radius 3 is 2.56 bits per heavy atom. The maximum Gasteiger partial charge on any atom is 0.201 e. The maximum absolute atomic E-state index is 5.96. The summed E-state index contributed by atoms with van der Waals surface area (Å²) in [6.07, 6.45) is 0. The van der Waals surface area contributed by atoms with Gasteiger partial charge in [0.1, 0.15) is 11.3 Å². The van der Waals surface area contributed by atoms with Crippen molar-refractivity contribution in [3.63, 3.8) is 0 Å². The van der Waals surface area contributed by atoms with Crippen molar-refractivity contribution in [2.75, 3.05) is 12.8 Å². The molecule has 0 radical (unpaired) electrons. The Labute approximate surface area is 95.0 Å². The van der Waals surface area contributed by atoms with E-state index in [1.165, 1.54) is 0 Å². The number of hydrogen-bond acceptors (Lipinski definition) is 3. The number of aromatic nitrogens is 2. The second kappa shape index (κ2) is 3.40. The Morgan fingerprint density at radius 2 is 2.00 bits per heavy atom. The minimum Gasteiger partial charge on any atom is -0.494 e. The lowest BCUT2D eigenvalue weighted by atomic mass is 10.1. The first-order valence-electron chi connectivity index (χ1n) is 5.26. The lowest BCUT2D eigenvalue weighted by Gasteiger charge is -2.23. The molecular formula is C12H17N3O. The average molecular weight is 219 g/mol. The molecule has 4 nitrogen and oxygen atoms in total. The van der Waals surface area contributed by atoms with Crippen LogP contribution < -0.4 is 10.5 Å². The highest BCUT2D eigenvalue weighted by Gasteiger charge is 2.22. The van der Waals surface area contributed by atoms with E-state index in [9.17, 15) is 0 Å². The highest BCUT2D eigenvalue weighted by atomic mass is 16.5. The molecule has 0 saturated carbocycles. The summed E-state index contributed by atoms with van der Waals surface area (Å²) in [4.78, 5) is 4.35. The molecule has 2 N–H and O–H groups in total. The molecule has 0 bridgehead atoms. The van der Waals surface area contributed by atoms with Crippen molar-refractivity contribution in [1.82, 2.24) is 9.55 Å². The van der Waals surface area contributed by atoms with Crippen molar-refractivity contribution >= 4 is 17.0 Å². The third-order valence-electron chi connectivity index (χ3n) is 2.56. The maximum atomic E-state index is 5.96. The van der Waals surface area contributed by atoms with Crippen LogP contribution >= 0.6 is 0 Å². The minimum absolute atomic E-state index is 0.118. The molecule has 16 heavy (non-hydrogen) atoms. The molecule has 86 valence electrons. The molecule has 0 atom stereocenters. The average Bonchev–Trinajstić information content (AvgIpc) is 2.52. The van der Waals surface area contributed by atoms with Crippen LogP contribution in [0.2, 0.25) is 0 Å². The van der Waals surface area contributed by atoms with Crippen molar-refractivity contribution in [2.24, 2.45) is 0 Å². The summed E-state index contributed by atoms with van der Waals surface area (Å²) in [5.41, 5.74) is 7.66. The SMILES string of the molecule is COc1cccc2nc(N)n(C(C)(C)C)c12. The van der Waals surface area contributed by atoms with Gasteiger partial charge in [0, 0.05) is 5.54 Å². The molecule has 4 heteroatoms. The predicted molar refractivity (Wildman–Crippen MR) is 65.7 cm³/mol. The van der Waals surface area contributed by atoms with Crippen molar-refractivity contribution in [1.29, 1.82) is 0 Å². The second-order valence-electron chi connectivity index (χ2n) is 4.80. The zero-order valence-corrected chi connectivity index (χ0v) is 10.1. The number of nitrogen functional groups attached to an aromatic ring is 1. The molecule has 1 heterocycles. The summed E-state index contributed by atoms with van der Waals surface area (Å²) in [5, 5.41) is 0. The van der Waals surface area contributed by atoms with Crippen LogP contribution in [0, 0.1) is 0 Å². The van der Waals surface area contributed by atoms with Crippen LogP contribution in [0.4, 0.5) is 5.95 Å². The first-order valence-corrected chi connectivity index (χ1v) is 5.26. The number of nitrogens with two attached hydrogens (primary N) is 1. The van der Waals surface area contributed by atoms with E-state index in [0.29, 0.717) is 5.95 Å². The fourth-order valence-corrected chi connectivity index (χ4v) is 1.96. The van der Waals surface area contributed by atoms with Gasteiger partial charge in [0.2, 0.25) is 5.95 Å². The first kappa shape index (κ1) is 10.8. The van der Waals surface area contributed by atoms with Gasteiger partial charge < -0.3 is 15.0 Å². The van der Waals surface area contributed by atoms with Crippen molar-refractivity contribution in [3.05, 3.63) is 18.2 Å². The van der Waals surface area contributed by atoms with Gasteiger partial charge in [-0.3, -0.25) is 0 Å². The van der Waals surface area contributed by atoms with E-state index in [1.807, 2.05) is 22.8 Å². The summed E-state index contributed by atoms with van der Waals surface area (Å²) >= 11 is 0. The van der Waals surface area contributed by atoms with Crippen LogP contribution in [0.1, 0.15) is 20.8 Å². The van der Waals surface area contributed by atoms with E-state index in [-0.39, 0.29) is 5.54 Å². The smallest absolute Gasteiger partial charge is 0.201 e. The van der Waals surface area contributed by atoms with Gasteiger partial charge in [0.15, 0.2) is 0 Å². The number of anilines is 1. The van der Waals surface area contributed by atoms with Gasteiger partial charge in [-0.1, -0.05) is 6.07 Å². The normalized spacial score (nSPS) is 12.0. The van der Waals surface area contributed by atoms with Gasteiger partial charge in [0.05, 0.1) is 12.6 Å². The van der Waals surface area contributed by atoms with E-state index >= 15 is 0 Å². The molecule has 0 amide bonds. The number of para-hydroxylation sites is 1. The molecule has 2 rings (SSSR count). The fraction of sp³-hybridized carbons (Fsp3) is 0.417. The number of hydrogen-bond donors (Lipinski definition) is 1. The summed E-state index contributed by atoms with van der Waals surface area (Å²) in [6, 6.07) is 5.78. The number of methoxy groups -OCH3 is 1. The molecule has 0 spiro atoms. The van der Waals surface area contributed by atoms with E-state index in [4.69, 9.17) is 10.5 Å². The molecule has 1 aromatic heterocycles.